The average molecular weight is 154 g/mol. The second-order valence-corrected chi connectivity index (χ2v) is 2.97. The monoisotopic (exact) mass is 154 g/mol. The molecule has 0 bridgehead atoms. The van der Waals surface area contributed by atoms with E-state index in [1.807, 2.05) is 19.3 Å². The molecule has 0 aromatic rings. The lowest BCUT2D eigenvalue weighted by Crippen LogP contribution is -1.66. The molecule has 0 radical (unpaired) electrons. The predicted octanol–water partition coefficient (Wildman–Crippen LogP) is 3.39. The number of thioether (sulfide) groups is 1. The summed E-state index contributed by atoms with van der Waals surface area (Å²) in [5.74, 6) is 0. The summed E-state index contributed by atoms with van der Waals surface area (Å²) in [4.78, 5) is 1.10. The Morgan fingerprint density at radius 2 is 2.00 bits per heavy atom. The average Bonchev–Trinajstić information content (AvgIpc) is 1.99. The lowest BCUT2D eigenvalue weighted by molar-refractivity contribution is 1.48. The standard InChI is InChI=1S/C9H14S/c1-5-8(2)6-7-9(3)10-4/h5-7H,3H2,1-2,4H3/b7-6-,8-5-. The first-order valence-corrected chi connectivity index (χ1v) is 4.47. The maximum Gasteiger partial charge on any atom is -0.000276 e. The van der Waals surface area contributed by atoms with E-state index < -0.39 is 0 Å². The first-order valence-electron chi connectivity index (χ1n) is 3.24. The van der Waals surface area contributed by atoms with Gasteiger partial charge in [-0.15, -0.1) is 11.8 Å². The molecule has 0 rings (SSSR count). The van der Waals surface area contributed by atoms with Crippen molar-refractivity contribution in [1.82, 2.24) is 0 Å². The smallest absolute Gasteiger partial charge is 0.000276 e. The molecule has 0 aliphatic rings. The van der Waals surface area contributed by atoms with Gasteiger partial charge in [0.15, 0.2) is 0 Å². The SMILES string of the molecule is C=C(/C=C\C(C)=C/C)SC. The van der Waals surface area contributed by atoms with Gasteiger partial charge < -0.3 is 0 Å². The lowest BCUT2D eigenvalue weighted by Gasteiger charge is -1.91. The molecule has 10 heavy (non-hydrogen) atoms. The number of allylic oxidation sites excluding steroid dienone is 4. The predicted molar refractivity (Wildman–Crippen MR) is 51.2 cm³/mol. The van der Waals surface area contributed by atoms with Crippen LogP contribution in [0.25, 0.3) is 0 Å². The van der Waals surface area contributed by atoms with Crippen LogP contribution in [0.2, 0.25) is 0 Å². The van der Waals surface area contributed by atoms with Crippen LogP contribution in [0.15, 0.2) is 35.3 Å². The molecule has 0 aromatic carbocycles. The third kappa shape index (κ3) is 4.45. The normalized spacial score (nSPS) is 12.5. The van der Waals surface area contributed by atoms with Crippen molar-refractivity contribution in [2.45, 2.75) is 13.8 Å². The van der Waals surface area contributed by atoms with Gasteiger partial charge in [-0.2, -0.15) is 0 Å². The van der Waals surface area contributed by atoms with Crippen molar-refractivity contribution in [3.8, 4) is 0 Å². The zero-order valence-corrected chi connectivity index (χ0v) is 7.66. The van der Waals surface area contributed by atoms with Gasteiger partial charge in [0.1, 0.15) is 0 Å². The van der Waals surface area contributed by atoms with Crippen LogP contribution in [0.5, 0.6) is 0 Å². The van der Waals surface area contributed by atoms with E-state index in [2.05, 4.69) is 25.7 Å². The quantitative estimate of drug-likeness (QED) is 0.561. The van der Waals surface area contributed by atoms with E-state index >= 15 is 0 Å². The van der Waals surface area contributed by atoms with Crippen LogP contribution in [-0.2, 0) is 0 Å². The fourth-order valence-corrected chi connectivity index (χ4v) is 0.593. The van der Waals surface area contributed by atoms with E-state index in [0.29, 0.717) is 0 Å². The Bertz CT molecular complexity index is 164. The number of rotatable bonds is 3. The highest BCUT2D eigenvalue weighted by Crippen LogP contribution is 2.10. The molecule has 0 saturated heterocycles. The molecular formula is C9H14S. The fraction of sp³-hybridized carbons (Fsp3) is 0.333. The molecule has 0 atom stereocenters. The Morgan fingerprint density at radius 3 is 2.40 bits per heavy atom. The highest BCUT2D eigenvalue weighted by Gasteiger charge is 1.81. The van der Waals surface area contributed by atoms with Crippen LogP contribution in [0.3, 0.4) is 0 Å². The summed E-state index contributed by atoms with van der Waals surface area (Å²) in [6.45, 7) is 7.93. The maximum absolute atomic E-state index is 3.83. The third-order valence-electron chi connectivity index (χ3n) is 1.25. The van der Waals surface area contributed by atoms with Crippen molar-refractivity contribution in [3.05, 3.63) is 35.3 Å². The topological polar surface area (TPSA) is 0 Å². The molecule has 0 saturated carbocycles. The van der Waals surface area contributed by atoms with Crippen molar-refractivity contribution in [2.24, 2.45) is 0 Å². The van der Waals surface area contributed by atoms with Gasteiger partial charge in [-0.3, -0.25) is 0 Å². The lowest BCUT2D eigenvalue weighted by atomic mass is 10.3. The van der Waals surface area contributed by atoms with Crippen LogP contribution < -0.4 is 0 Å². The Kier molecular flexibility index (Phi) is 5.13. The van der Waals surface area contributed by atoms with Crippen molar-refractivity contribution in [2.75, 3.05) is 6.26 Å². The summed E-state index contributed by atoms with van der Waals surface area (Å²) < 4.78 is 0. The van der Waals surface area contributed by atoms with E-state index in [1.165, 1.54) is 5.57 Å². The minimum absolute atomic E-state index is 1.10. The molecule has 0 unspecified atom stereocenters. The fourth-order valence-electron chi connectivity index (χ4n) is 0.389. The van der Waals surface area contributed by atoms with E-state index in [1.54, 1.807) is 11.8 Å². The molecular weight excluding hydrogens is 140 g/mol. The van der Waals surface area contributed by atoms with Crippen LogP contribution in [0.1, 0.15) is 13.8 Å². The Labute approximate surface area is 67.7 Å². The van der Waals surface area contributed by atoms with Crippen LogP contribution in [0, 0.1) is 0 Å². The summed E-state index contributed by atoms with van der Waals surface area (Å²) in [6, 6.07) is 0. The molecule has 0 aliphatic carbocycles. The summed E-state index contributed by atoms with van der Waals surface area (Å²) in [5, 5.41) is 0. The van der Waals surface area contributed by atoms with Gasteiger partial charge in [0.05, 0.1) is 0 Å². The summed E-state index contributed by atoms with van der Waals surface area (Å²) >= 11 is 1.67. The van der Waals surface area contributed by atoms with E-state index in [9.17, 15) is 0 Å². The zero-order valence-electron chi connectivity index (χ0n) is 6.85. The van der Waals surface area contributed by atoms with E-state index in [0.717, 1.165) is 4.91 Å². The third-order valence-corrected chi connectivity index (χ3v) is 1.91. The van der Waals surface area contributed by atoms with Gasteiger partial charge in [-0.05, 0) is 31.1 Å². The van der Waals surface area contributed by atoms with Gasteiger partial charge in [0.2, 0.25) is 0 Å². The number of hydrogen-bond acceptors (Lipinski definition) is 1. The molecule has 0 nitrogen and oxygen atoms in total. The van der Waals surface area contributed by atoms with E-state index in [4.69, 9.17) is 0 Å². The largest absolute Gasteiger partial charge is 0.130 e. The van der Waals surface area contributed by atoms with Gasteiger partial charge in [0.25, 0.3) is 0 Å². The van der Waals surface area contributed by atoms with Gasteiger partial charge >= 0.3 is 0 Å². The van der Waals surface area contributed by atoms with Crippen LogP contribution in [0.4, 0.5) is 0 Å². The Morgan fingerprint density at radius 1 is 1.40 bits per heavy atom. The first-order chi connectivity index (χ1) is 4.70. The number of hydrogen-bond donors (Lipinski definition) is 0. The molecule has 0 fully saturated rings. The Hall–Kier alpha value is -0.430. The highest BCUT2D eigenvalue weighted by atomic mass is 32.2. The van der Waals surface area contributed by atoms with Crippen molar-refractivity contribution < 1.29 is 0 Å². The second kappa shape index (κ2) is 5.36. The molecule has 0 heterocycles. The van der Waals surface area contributed by atoms with Crippen molar-refractivity contribution in [1.29, 1.82) is 0 Å². The molecule has 0 spiro atoms. The summed E-state index contributed by atoms with van der Waals surface area (Å²) in [7, 11) is 0. The van der Waals surface area contributed by atoms with Crippen molar-refractivity contribution in [3.63, 3.8) is 0 Å². The first kappa shape index (κ1) is 9.57. The molecule has 1 heteroatoms. The van der Waals surface area contributed by atoms with Gasteiger partial charge in [-0.1, -0.05) is 24.3 Å². The molecule has 56 valence electrons. The van der Waals surface area contributed by atoms with Crippen LogP contribution in [-0.4, -0.2) is 6.26 Å². The minimum Gasteiger partial charge on any atom is -0.130 e. The minimum atomic E-state index is 1.10. The summed E-state index contributed by atoms with van der Waals surface area (Å²) in [6.07, 6.45) is 8.20. The van der Waals surface area contributed by atoms with E-state index in [-0.39, 0.29) is 0 Å². The molecule has 0 aliphatic heterocycles. The van der Waals surface area contributed by atoms with Crippen LogP contribution >= 0.6 is 11.8 Å². The maximum atomic E-state index is 3.83. The highest BCUT2D eigenvalue weighted by molar-refractivity contribution is 8.02. The molecule has 0 N–H and O–H groups in total. The van der Waals surface area contributed by atoms with Crippen molar-refractivity contribution >= 4 is 11.8 Å². The molecule has 0 amide bonds. The second-order valence-electron chi connectivity index (χ2n) is 2.04. The van der Waals surface area contributed by atoms with Gasteiger partial charge in [0, 0.05) is 0 Å². The zero-order chi connectivity index (χ0) is 7.98. The molecule has 0 aromatic heterocycles. The Balaban J connectivity index is 3.88. The van der Waals surface area contributed by atoms with Gasteiger partial charge in [-0.25, -0.2) is 0 Å². The summed E-state index contributed by atoms with van der Waals surface area (Å²) in [5.41, 5.74) is 1.27.